The molecule has 0 atom stereocenters. The SMILES string of the molecule is CCCCCC(CCCN)(CCCCC)CCCCC.Cc1ccc(C(C)C)c(S(=O)(=O)O)c1. The third-order valence-electron chi connectivity index (χ3n) is 6.91. The van der Waals surface area contributed by atoms with Crippen molar-refractivity contribution in [1.29, 1.82) is 0 Å². The molecule has 1 aromatic carbocycles. The van der Waals surface area contributed by atoms with Gasteiger partial charge in [-0.2, -0.15) is 8.42 Å². The van der Waals surface area contributed by atoms with E-state index in [4.69, 9.17) is 10.3 Å². The van der Waals surface area contributed by atoms with Crippen LogP contribution in [0.4, 0.5) is 0 Å². The standard InChI is InChI=1S/C19H41N.C10H14O3S/c1-4-7-10-14-19(17-13-18-20,15-11-8-5-2)16-12-9-6-3;1-7(2)9-5-4-8(3)6-10(9)14(11,12)13/h4-18,20H2,1-3H3;4-7H,1-3H3,(H,11,12,13). The zero-order valence-electron chi connectivity index (χ0n) is 23.2. The van der Waals surface area contributed by atoms with Gasteiger partial charge in [-0.15, -0.1) is 0 Å². The number of aryl methyl sites for hydroxylation is 1. The molecule has 1 aromatic rings. The van der Waals surface area contributed by atoms with Crippen LogP contribution in [0.5, 0.6) is 0 Å². The average molecular weight is 498 g/mol. The molecule has 200 valence electrons. The van der Waals surface area contributed by atoms with E-state index in [1.807, 2.05) is 19.9 Å². The second-order valence-electron chi connectivity index (χ2n) is 10.4. The maximum atomic E-state index is 11.1. The van der Waals surface area contributed by atoms with Crippen molar-refractivity contribution in [2.45, 2.75) is 142 Å². The predicted octanol–water partition coefficient (Wildman–Crippen LogP) is 8.82. The Bertz CT molecular complexity index is 717. The second kappa shape index (κ2) is 18.4. The van der Waals surface area contributed by atoms with E-state index in [0.717, 1.165) is 12.1 Å². The highest BCUT2D eigenvalue weighted by molar-refractivity contribution is 7.85. The summed E-state index contributed by atoms with van der Waals surface area (Å²) in [6, 6.07) is 5.07. The molecule has 0 aliphatic rings. The summed E-state index contributed by atoms with van der Waals surface area (Å²) in [5.41, 5.74) is 7.90. The minimum Gasteiger partial charge on any atom is -0.330 e. The van der Waals surface area contributed by atoms with Crippen LogP contribution in [-0.2, 0) is 10.1 Å². The molecule has 34 heavy (non-hydrogen) atoms. The molecule has 0 aliphatic heterocycles. The molecule has 0 radical (unpaired) electrons. The molecule has 0 spiro atoms. The van der Waals surface area contributed by atoms with Crippen molar-refractivity contribution >= 4 is 10.1 Å². The van der Waals surface area contributed by atoms with Crippen molar-refractivity contribution in [1.82, 2.24) is 0 Å². The van der Waals surface area contributed by atoms with Gasteiger partial charge in [0.2, 0.25) is 0 Å². The first-order valence-corrected chi connectivity index (χ1v) is 15.3. The lowest BCUT2D eigenvalue weighted by molar-refractivity contribution is 0.176. The maximum Gasteiger partial charge on any atom is 0.294 e. The van der Waals surface area contributed by atoms with Gasteiger partial charge in [0.1, 0.15) is 0 Å². The lowest BCUT2D eigenvalue weighted by Crippen LogP contribution is -2.22. The van der Waals surface area contributed by atoms with E-state index >= 15 is 0 Å². The number of hydrogen-bond acceptors (Lipinski definition) is 3. The lowest BCUT2D eigenvalue weighted by Gasteiger charge is -2.35. The summed E-state index contributed by atoms with van der Waals surface area (Å²) in [5, 5.41) is 0. The van der Waals surface area contributed by atoms with Gasteiger partial charge in [-0.3, -0.25) is 4.55 Å². The van der Waals surface area contributed by atoms with Crippen LogP contribution in [-0.4, -0.2) is 19.5 Å². The number of nitrogens with two attached hydrogens (primary N) is 1. The van der Waals surface area contributed by atoms with E-state index in [-0.39, 0.29) is 10.8 Å². The van der Waals surface area contributed by atoms with Crippen LogP contribution in [0.2, 0.25) is 0 Å². The molecule has 4 nitrogen and oxygen atoms in total. The molecule has 0 saturated heterocycles. The molecule has 1 rings (SSSR count). The highest BCUT2D eigenvalue weighted by Crippen LogP contribution is 2.41. The monoisotopic (exact) mass is 497 g/mol. The van der Waals surface area contributed by atoms with Gasteiger partial charge >= 0.3 is 0 Å². The molecule has 0 aromatic heterocycles. The summed E-state index contributed by atoms with van der Waals surface area (Å²) in [5.74, 6) is 0.0764. The normalized spacial score (nSPS) is 12.0. The largest absolute Gasteiger partial charge is 0.330 e. The third kappa shape index (κ3) is 13.8. The van der Waals surface area contributed by atoms with Gasteiger partial charge in [-0.1, -0.05) is 105 Å². The first kappa shape index (κ1) is 33.1. The number of hydrogen-bond donors (Lipinski definition) is 2. The summed E-state index contributed by atoms with van der Waals surface area (Å²) in [7, 11) is -4.10. The van der Waals surface area contributed by atoms with Crippen molar-refractivity contribution in [2.75, 3.05) is 6.54 Å². The van der Waals surface area contributed by atoms with Crippen LogP contribution in [0.3, 0.4) is 0 Å². The van der Waals surface area contributed by atoms with Crippen LogP contribution >= 0.6 is 0 Å². The van der Waals surface area contributed by atoms with Crippen LogP contribution < -0.4 is 5.73 Å². The summed E-state index contributed by atoms with van der Waals surface area (Å²) in [4.78, 5) is 0.0208. The maximum absolute atomic E-state index is 11.1. The smallest absolute Gasteiger partial charge is 0.294 e. The Hall–Kier alpha value is -0.910. The zero-order valence-corrected chi connectivity index (χ0v) is 24.0. The number of unbranched alkanes of at least 4 members (excludes halogenated alkanes) is 6. The highest BCUT2D eigenvalue weighted by atomic mass is 32.2. The van der Waals surface area contributed by atoms with Crippen LogP contribution in [0.15, 0.2) is 23.1 Å². The summed E-state index contributed by atoms with van der Waals surface area (Å²) < 4.78 is 31.1. The fourth-order valence-electron chi connectivity index (χ4n) is 4.82. The first-order valence-electron chi connectivity index (χ1n) is 13.8. The van der Waals surface area contributed by atoms with Crippen molar-refractivity contribution in [3.05, 3.63) is 29.3 Å². The molecule has 0 fully saturated rings. The third-order valence-corrected chi connectivity index (χ3v) is 7.82. The molecule has 0 saturated carbocycles. The van der Waals surface area contributed by atoms with E-state index < -0.39 is 10.1 Å². The molecular formula is C29H55NO3S. The van der Waals surface area contributed by atoms with Crippen molar-refractivity contribution in [3.63, 3.8) is 0 Å². The number of rotatable bonds is 17. The Morgan fingerprint density at radius 2 is 1.26 bits per heavy atom. The van der Waals surface area contributed by atoms with E-state index in [9.17, 15) is 8.42 Å². The predicted molar refractivity (Wildman–Crippen MR) is 148 cm³/mol. The lowest BCUT2D eigenvalue weighted by atomic mass is 9.71. The van der Waals surface area contributed by atoms with Gasteiger partial charge < -0.3 is 5.73 Å². The van der Waals surface area contributed by atoms with Gasteiger partial charge in [0.05, 0.1) is 4.90 Å². The first-order chi connectivity index (χ1) is 16.1. The fourth-order valence-corrected chi connectivity index (χ4v) is 5.76. The Morgan fingerprint density at radius 1 is 0.824 bits per heavy atom. The summed E-state index contributed by atoms with van der Waals surface area (Å²) in [6.07, 6.45) is 19.5. The molecule has 5 heteroatoms. The zero-order chi connectivity index (χ0) is 26.0. The van der Waals surface area contributed by atoms with Crippen molar-refractivity contribution < 1.29 is 13.0 Å². The molecular weight excluding hydrogens is 442 g/mol. The molecule has 0 amide bonds. The minimum atomic E-state index is -4.10. The molecule has 0 unspecified atom stereocenters. The highest BCUT2D eigenvalue weighted by Gasteiger charge is 2.27. The Kier molecular flexibility index (Phi) is 17.9. The van der Waals surface area contributed by atoms with Crippen LogP contribution in [0, 0.1) is 12.3 Å². The average Bonchev–Trinajstić information content (AvgIpc) is 2.78. The quantitative estimate of drug-likeness (QED) is 0.166. The number of benzene rings is 1. The van der Waals surface area contributed by atoms with Gasteiger partial charge in [-0.05, 0) is 74.1 Å². The summed E-state index contributed by atoms with van der Waals surface area (Å²) >= 11 is 0. The molecule has 0 bridgehead atoms. The Labute approximate surface area is 212 Å². The fraction of sp³-hybridized carbons (Fsp3) is 0.793. The van der Waals surface area contributed by atoms with Gasteiger partial charge in [0.15, 0.2) is 0 Å². The Balaban J connectivity index is 0.000000679. The minimum absolute atomic E-state index is 0.0208. The van der Waals surface area contributed by atoms with E-state index in [1.54, 1.807) is 13.0 Å². The molecule has 3 N–H and O–H groups in total. The molecule has 0 aliphatic carbocycles. The Morgan fingerprint density at radius 3 is 1.62 bits per heavy atom. The van der Waals surface area contributed by atoms with E-state index in [2.05, 4.69) is 20.8 Å². The van der Waals surface area contributed by atoms with Crippen LogP contribution in [0.25, 0.3) is 0 Å². The topological polar surface area (TPSA) is 80.4 Å². The molecule has 0 heterocycles. The van der Waals surface area contributed by atoms with Crippen LogP contribution in [0.1, 0.15) is 142 Å². The van der Waals surface area contributed by atoms with Gasteiger partial charge in [0.25, 0.3) is 10.1 Å². The summed E-state index contributed by atoms with van der Waals surface area (Å²) in [6.45, 7) is 13.4. The van der Waals surface area contributed by atoms with Crippen molar-refractivity contribution in [3.8, 4) is 0 Å². The van der Waals surface area contributed by atoms with Gasteiger partial charge in [-0.25, -0.2) is 0 Å². The van der Waals surface area contributed by atoms with E-state index in [1.165, 1.54) is 96.0 Å². The van der Waals surface area contributed by atoms with Crippen molar-refractivity contribution in [2.24, 2.45) is 11.1 Å². The van der Waals surface area contributed by atoms with Gasteiger partial charge in [0, 0.05) is 0 Å². The second-order valence-corrected chi connectivity index (χ2v) is 11.8. The van der Waals surface area contributed by atoms with E-state index in [0.29, 0.717) is 11.0 Å².